The van der Waals surface area contributed by atoms with Crippen molar-refractivity contribution in [2.75, 3.05) is 6.54 Å². The predicted molar refractivity (Wildman–Crippen MR) is 87.1 cm³/mol. The molecule has 0 radical (unpaired) electrons. The number of phenols is 1. The largest absolute Gasteiger partial charge is 0.507 e. The molecule has 20 heavy (non-hydrogen) atoms. The van der Waals surface area contributed by atoms with Crippen LogP contribution in [0.5, 0.6) is 5.75 Å². The van der Waals surface area contributed by atoms with Crippen molar-refractivity contribution in [1.82, 2.24) is 0 Å². The minimum atomic E-state index is 0.269. The lowest BCUT2D eigenvalue weighted by molar-refractivity contribution is 0.471. The Labute approximate surface area is 128 Å². The Balaban J connectivity index is 2.16. The fraction of sp³-hybridized carbons (Fsp3) is 0.294. The SMILES string of the molecule is CCc1ccc(C(CN)Cc2ccc(O)c(Br)c2)cc1. The first-order chi connectivity index (χ1) is 9.63. The fourth-order valence-corrected chi connectivity index (χ4v) is 2.75. The second kappa shape index (κ2) is 6.91. The van der Waals surface area contributed by atoms with Gasteiger partial charge in [-0.1, -0.05) is 37.3 Å². The van der Waals surface area contributed by atoms with Crippen molar-refractivity contribution in [3.63, 3.8) is 0 Å². The number of hydrogen-bond acceptors (Lipinski definition) is 2. The predicted octanol–water partition coefficient (Wildman–Crippen LogP) is 4.00. The molecule has 106 valence electrons. The molecule has 1 atom stereocenters. The molecule has 0 aliphatic rings. The number of nitrogens with two attached hydrogens (primary N) is 1. The lowest BCUT2D eigenvalue weighted by Gasteiger charge is -2.16. The normalized spacial score (nSPS) is 12.3. The summed E-state index contributed by atoms with van der Waals surface area (Å²) in [5.74, 6) is 0.572. The molecule has 2 rings (SSSR count). The maximum Gasteiger partial charge on any atom is 0.129 e. The summed E-state index contributed by atoms with van der Waals surface area (Å²) < 4.78 is 0.729. The molecule has 0 fully saturated rings. The summed E-state index contributed by atoms with van der Waals surface area (Å²) in [4.78, 5) is 0. The number of hydrogen-bond donors (Lipinski definition) is 2. The van der Waals surface area contributed by atoms with Gasteiger partial charge in [0, 0.05) is 5.92 Å². The average molecular weight is 334 g/mol. The van der Waals surface area contributed by atoms with Crippen molar-refractivity contribution in [3.05, 3.63) is 63.6 Å². The van der Waals surface area contributed by atoms with Gasteiger partial charge in [0.25, 0.3) is 0 Å². The number of aromatic hydroxyl groups is 1. The van der Waals surface area contributed by atoms with Gasteiger partial charge in [0.1, 0.15) is 5.75 Å². The molecule has 2 nitrogen and oxygen atoms in total. The van der Waals surface area contributed by atoms with Crippen molar-refractivity contribution in [2.24, 2.45) is 5.73 Å². The van der Waals surface area contributed by atoms with Crippen LogP contribution in [-0.4, -0.2) is 11.7 Å². The van der Waals surface area contributed by atoms with E-state index in [9.17, 15) is 5.11 Å². The molecule has 0 aliphatic carbocycles. The van der Waals surface area contributed by atoms with Crippen LogP contribution in [0.25, 0.3) is 0 Å². The van der Waals surface area contributed by atoms with Crippen molar-refractivity contribution >= 4 is 15.9 Å². The number of rotatable bonds is 5. The topological polar surface area (TPSA) is 46.2 Å². The van der Waals surface area contributed by atoms with Crippen LogP contribution in [0.2, 0.25) is 0 Å². The standard InChI is InChI=1S/C17H20BrNO/c1-2-12-3-6-14(7-4-12)15(11-19)9-13-5-8-17(20)16(18)10-13/h3-8,10,15,20H,2,9,11,19H2,1H3. The zero-order valence-corrected chi connectivity index (χ0v) is 13.2. The molecule has 0 spiro atoms. The first-order valence-electron chi connectivity index (χ1n) is 6.90. The van der Waals surface area contributed by atoms with Gasteiger partial charge >= 0.3 is 0 Å². The summed E-state index contributed by atoms with van der Waals surface area (Å²) in [6.07, 6.45) is 1.93. The second-order valence-corrected chi connectivity index (χ2v) is 5.87. The molecular formula is C17H20BrNO. The first kappa shape index (κ1) is 15.1. The van der Waals surface area contributed by atoms with Gasteiger partial charge in [-0.25, -0.2) is 0 Å². The summed E-state index contributed by atoms with van der Waals surface area (Å²) in [5, 5.41) is 9.54. The molecule has 0 saturated carbocycles. The number of phenolic OH excluding ortho intramolecular Hbond substituents is 1. The van der Waals surface area contributed by atoms with Crippen LogP contribution in [-0.2, 0) is 12.8 Å². The highest BCUT2D eigenvalue weighted by Gasteiger charge is 2.11. The highest BCUT2D eigenvalue weighted by Crippen LogP contribution is 2.27. The Kier molecular flexibility index (Phi) is 5.21. The first-order valence-corrected chi connectivity index (χ1v) is 7.69. The molecule has 0 amide bonds. The van der Waals surface area contributed by atoms with Gasteiger partial charge in [-0.2, -0.15) is 0 Å². The van der Waals surface area contributed by atoms with E-state index in [2.05, 4.69) is 47.1 Å². The number of aryl methyl sites for hydroxylation is 1. The van der Waals surface area contributed by atoms with Crippen LogP contribution in [0.3, 0.4) is 0 Å². The summed E-state index contributed by atoms with van der Waals surface area (Å²) in [5.41, 5.74) is 9.72. The summed E-state index contributed by atoms with van der Waals surface area (Å²) >= 11 is 3.35. The van der Waals surface area contributed by atoms with Crippen LogP contribution in [0.15, 0.2) is 46.9 Å². The molecular weight excluding hydrogens is 314 g/mol. The van der Waals surface area contributed by atoms with Crippen LogP contribution < -0.4 is 5.73 Å². The van der Waals surface area contributed by atoms with E-state index < -0.39 is 0 Å². The number of halogens is 1. The Hall–Kier alpha value is -1.32. The van der Waals surface area contributed by atoms with E-state index in [1.165, 1.54) is 16.7 Å². The fourth-order valence-electron chi connectivity index (χ4n) is 2.32. The Morgan fingerprint density at radius 2 is 1.75 bits per heavy atom. The highest BCUT2D eigenvalue weighted by molar-refractivity contribution is 9.10. The van der Waals surface area contributed by atoms with Gasteiger partial charge in [0.2, 0.25) is 0 Å². The lowest BCUT2D eigenvalue weighted by atomic mass is 9.91. The van der Waals surface area contributed by atoms with Crippen molar-refractivity contribution < 1.29 is 5.11 Å². The third-order valence-electron chi connectivity index (χ3n) is 3.64. The summed E-state index contributed by atoms with van der Waals surface area (Å²) in [6.45, 7) is 2.77. The second-order valence-electron chi connectivity index (χ2n) is 5.02. The van der Waals surface area contributed by atoms with E-state index >= 15 is 0 Å². The Morgan fingerprint density at radius 3 is 2.30 bits per heavy atom. The molecule has 0 bridgehead atoms. The smallest absolute Gasteiger partial charge is 0.129 e. The van der Waals surface area contributed by atoms with Gasteiger partial charge in [-0.15, -0.1) is 0 Å². The van der Waals surface area contributed by atoms with E-state index in [4.69, 9.17) is 5.73 Å². The monoisotopic (exact) mass is 333 g/mol. The average Bonchev–Trinajstić information content (AvgIpc) is 2.48. The van der Waals surface area contributed by atoms with E-state index in [0.29, 0.717) is 12.5 Å². The van der Waals surface area contributed by atoms with E-state index in [1.54, 1.807) is 6.07 Å². The van der Waals surface area contributed by atoms with Crippen LogP contribution >= 0.6 is 15.9 Å². The third-order valence-corrected chi connectivity index (χ3v) is 4.27. The maximum absolute atomic E-state index is 9.54. The molecule has 1 unspecified atom stereocenters. The van der Waals surface area contributed by atoms with Crippen molar-refractivity contribution in [2.45, 2.75) is 25.7 Å². The summed E-state index contributed by atoms with van der Waals surface area (Å²) in [7, 11) is 0. The van der Waals surface area contributed by atoms with Crippen LogP contribution in [0.4, 0.5) is 0 Å². The van der Waals surface area contributed by atoms with Gasteiger partial charge in [-0.3, -0.25) is 0 Å². The maximum atomic E-state index is 9.54. The van der Waals surface area contributed by atoms with Crippen molar-refractivity contribution in [1.29, 1.82) is 0 Å². The van der Waals surface area contributed by atoms with Crippen LogP contribution in [0.1, 0.15) is 29.5 Å². The van der Waals surface area contributed by atoms with Crippen molar-refractivity contribution in [3.8, 4) is 5.75 Å². The van der Waals surface area contributed by atoms with E-state index in [-0.39, 0.29) is 5.75 Å². The molecule has 3 N–H and O–H groups in total. The Bertz CT molecular complexity index is 566. The van der Waals surface area contributed by atoms with E-state index in [0.717, 1.165) is 17.3 Å². The lowest BCUT2D eigenvalue weighted by Crippen LogP contribution is -2.15. The number of benzene rings is 2. The van der Waals surface area contributed by atoms with Gasteiger partial charge in [-0.05, 0) is 64.1 Å². The minimum Gasteiger partial charge on any atom is -0.507 e. The highest BCUT2D eigenvalue weighted by atomic mass is 79.9. The zero-order chi connectivity index (χ0) is 14.5. The van der Waals surface area contributed by atoms with Gasteiger partial charge < -0.3 is 10.8 Å². The van der Waals surface area contributed by atoms with Gasteiger partial charge in [0.15, 0.2) is 0 Å². The molecule has 2 aromatic rings. The molecule has 3 heteroatoms. The molecule has 0 heterocycles. The molecule has 0 aliphatic heterocycles. The summed E-state index contributed by atoms with van der Waals surface area (Å²) in [6, 6.07) is 14.3. The van der Waals surface area contributed by atoms with Crippen LogP contribution in [0, 0.1) is 0 Å². The van der Waals surface area contributed by atoms with Gasteiger partial charge in [0.05, 0.1) is 4.47 Å². The Morgan fingerprint density at radius 1 is 1.10 bits per heavy atom. The molecule has 0 aromatic heterocycles. The quantitative estimate of drug-likeness (QED) is 0.868. The third kappa shape index (κ3) is 3.62. The zero-order valence-electron chi connectivity index (χ0n) is 11.6. The van der Waals surface area contributed by atoms with E-state index in [1.807, 2.05) is 12.1 Å². The molecule has 0 saturated heterocycles. The minimum absolute atomic E-state index is 0.269. The molecule has 2 aromatic carbocycles.